The Bertz CT molecular complexity index is 1100. The standard InChI is InChI=1S/C23H30FN5O3S/c1-14-20(27-19(25)21(26-14)32-13-30)29-9-7-23(8-10-29)12-15-5-6-16(24)11-17(15)18(23)28-33(31)22(2,3)4/h5-6,11,13,18,28H,7-10,12H2,1-4H3,(H2,25,27)/t18?,33-/m1/s1. The summed E-state index contributed by atoms with van der Waals surface area (Å²) in [6.07, 6.45) is 2.40. The molecule has 178 valence electrons. The van der Waals surface area contributed by atoms with E-state index in [1.165, 1.54) is 6.07 Å². The van der Waals surface area contributed by atoms with Crippen molar-refractivity contribution < 1.29 is 18.1 Å². The summed E-state index contributed by atoms with van der Waals surface area (Å²) < 4.78 is 34.9. The predicted molar refractivity (Wildman–Crippen MR) is 126 cm³/mol. The van der Waals surface area contributed by atoms with Gasteiger partial charge in [-0.05, 0) is 75.6 Å². The van der Waals surface area contributed by atoms with E-state index >= 15 is 0 Å². The third-order valence-corrected chi connectivity index (χ3v) is 8.17. The number of rotatable bonds is 5. The van der Waals surface area contributed by atoms with Crippen molar-refractivity contribution in [1.82, 2.24) is 14.7 Å². The topological polar surface area (TPSA) is 110 Å². The lowest BCUT2D eigenvalue weighted by Gasteiger charge is -2.44. The van der Waals surface area contributed by atoms with Crippen molar-refractivity contribution in [2.45, 2.75) is 57.7 Å². The van der Waals surface area contributed by atoms with E-state index in [1.807, 2.05) is 26.8 Å². The summed E-state index contributed by atoms with van der Waals surface area (Å²) >= 11 is 0. The first kappa shape index (κ1) is 23.6. The molecule has 1 saturated heterocycles. The van der Waals surface area contributed by atoms with E-state index in [4.69, 9.17) is 10.5 Å². The Kier molecular flexibility index (Phi) is 6.17. The number of piperidine rings is 1. The summed E-state index contributed by atoms with van der Waals surface area (Å²) in [7, 11) is -1.29. The Hall–Kier alpha value is -2.59. The number of nitrogens with zero attached hydrogens (tertiary/aromatic N) is 3. The molecule has 1 aliphatic heterocycles. The number of nitrogen functional groups attached to an aromatic ring is 1. The summed E-state index contributed by atoms with van der Waals surface area (Å²) in [6, 6.07) is 4.72. The molecule has 10 heteroatoms. The van der Waals surface area contributed by atoms with Crippen LogP contribution in [0.5, 0.6) is 5.88 Å². The predicted octanol–water partition coefficient (Wildman–Crippen LogP) is 2.98. The molecule has 0 radical (unpaired) electrons. The summed E-state index contributed by atoms with van der Waals surface area (Å²) in [5.74, 6) is 0.439. The highest BCUT2D eigenvalue weighted by molar-refractivity contribution is 7.84. The van der Waals surface area contributed by atoms with Gasteiger partial charge < -0.3 is 15.4 Å². The van der Waals surface area contributed by atoms with Crippen molar-refractivity contribution in [3.05, 3.63) is 40.8 Å². The van der Waals surface area contributed by atoms with E-state index in [0.29, 0.717) is 24.6 Å². The molecule has 2 atom stereocenters. The number of carbonyl (C=O) groups excluding carboxylic acids is 1. The SMILES string of the molecule is Cc1nc(OC=O)c(N)nc1N1CCC2(CC1)Cc1ccc(F)cc1C2N[S@](=O)C(C)(C)C. The fraction of sp³-hybridized carbons (Fsp3) is 0.522. The van der Waals surface area contributed by atoms with Crippen LogP contribution in [-0.4, -0.2) is 38.5 Å². The minimum atomic E-state index is -1.29. The quantitative estimate of drug-likeness (QED) is 0.640. The van der Waals surface area contributed by atoms with Gasteiger partial charge in [0, 0.05) is 13.1 Å². The molecule has 2 heterocycles. The van der Waals surface area contributed by atoms with E-state index in [9.17, 15) is 13.4 Å². The maximum absolute atomic E-state index is 14.1. The van der Waals surface area contributed by atoms with Gasteiger partial charge in [-0.15, -0.1) is 0 Å². The number of hydrogen-bond acceptors (Lipinski definition) is 7. The number of ether oxygens (including phenoxy) is 1. The van der Waals surface area contributed by atoms with E-state index in [1.54, 1.807) is 13.0 Å². The van der Waals surface area contributed by atoms with Gasteiger partial charge in [-0.2, -0.15) is 0 Å². The minimum Gasteiger partial charge on any atom is -0.406 e. The van der Waals surface area contributed by atoms with Crippen molar-refractivity contribution in [2.75, 3.05) is 23.7 Å². The molecular formula is C23H30FN5O3S. The second kappa shape index (κ2) is 8.64. The molecular weight excluding hydrogens is 445 g/mol. The second-order valence-corrected chi connectivity index (χ2v) is 11.8. The molecule has 1 aromatic heterocycles. The number of carbonyl (C=O) groups is 1. The number of fused-ring (bicyclic) bond motifs is 1. The number of anilines is 2. The van der Waals surface area contributed by atoms with Crippen LogP contribution >= 0.6 is 0 Å². The van der Waals surface area contributed by atoms with Gasteiger partial charge in [0.2, 0.25) is 0 Å². The third kappa shape index (κ3) is 4.46. The molecule has 1 aliphatic carbocycles. The van der Waals surface area contributed by atoms with E-state index in [-0.39, 0.29) is 35.4 Å². The van der Waals surface area contributed by atoms with Crippen LogP contribution in [-0.2, 0) is 22.2 Å². The number of hydrogen-bond donors (Lipinski definition) is 2. The molecule has 33 heavy (non-hydrogen) atoms. The Morgan fingerprint density at radius 2 is 2.00 bits per heavy atom. The summed E-state index contributed by atoms with van der Waals surface area (Å²) in [5, 5.41) is 0. The fourth-order valence-electron chi connectivity index (χ4n) is 4.84. The van der Waals surface area contributed by atoms with Crippen LogP contribution in [0.2, 0.25) is 0 Å². The average Bonchev–Trinajstić information content (AvgIpc) is 3.03. The van der Waals surface area contributed by atoms with E-state index < -0.39 is 15.7 Å². The molecule has 1 aromatic carbocycles. The maximum atomic E-state index is 14.1. The fourth-order valence-corrected chi connectivity index (χ4v) is 5.79. The third-order valence-electron chi connectivity index (χ3n) is 6.61. The number of halogens is 1. The molecule has 2 aliphatic rings. The highest BCUT2D eigenvalue weighted by atomic mass is 32.2. The van der Waals surface area contributed by atoms with Gasteiger partial charge in [0.25, 0.3) is 12.4 Å². The minimum absolute atomic E-state index is 0.00178. The molecule has 0 saturated carbocycles. The van der Waals surface area contributed by atoms with Crippen molar-refractivity contribution in [1.29, 1.82) is 0 Å². The van der Waals surface area contributed by atoms with Crippen LogP contribution in [0.1, 0.15) is 56.5 Å². The van der Waals surface area contributed by atoms with E-state index in [0.717, 1.165) is 30.4 Å². The first-order valence-electron chi connectivity index (χ1n) is 11.0. The number of nitrogens with two attached hydrogens (primary N) is 1. The Morgan fingerprint density at radius 1 is 1.30 bits per heavy atom. The zero-order valence-electron chi connectivity index (χ0n) is 19.4. The Balaban J connectivity index is 1.60. The normalized spacial score (nSPS) is 20.5. The Labute approximate surface area is 195 Å². The smallest absolute Gasteiger partial charge is 0.299 e. The highest BCUT2D eigenvalue weighted by Crippen LogP contribution is 2.53. The van der Waals surface area contributed by atoms with E-state index in [2.05, 4.69) is 19.6 Å². The second-order valence-electron chi connectivity index (χ2n) is 9.84. The lowest BCUT2D eigenvalue weighted by Crippen LogP contribution is -2.48. The van der Waals surface area contributed by atoms with Gasteiger partial charge in [-0.3, -0.25) is 4.79 Å². The zero-order chi connectivity index (χ0) is 24.0. The number of nitrogens with one attached hydrogen (secondary N) is 1. The monoisotopic (exact) mass is 475 g/mol. The van der Waals surface area contributed by atoms with Gasteiger partial charge in [-0.25, -0.2) is 23.3 Å². The Morgan fingerprint density at radius 3 is 2.64 bits per heavy atom. The van der Waals surface area contributed by atoms with Crippen molar-refractivity contribution in [3.8, 4) is 5.88 Å². The molecule has 2 aromatic rings. The van der Waals surface area contributed by atoms with Gasteiger partial charge in [0.15, 0.2) is 11.6 Å². The summed E-state index contributed by atoms with van der Waals surface area (Å²) in [5.41, 5.74) is 8.37. The van der Waals surface area contributed by atoms with Gasteiger partial charge in [-0.1, -0.05) is 6.07 Å². The molecule has 0 amide bonds. The van der Waals surface area contributed by atoms with Crippen LogP contribution in [0.3, 0.4) is 0 Å². The summed E-state index contributed by atoms with van der Waals surface area (Å²) in [6.45, 7) is 9.25. The van der Waals surface area contributed by atoms with Crippen LogP contribution in [0.4, 0.5) is 16.0 Å². The molecule has 1 unspecified atom stereocenters. The highest BCUT2D eigenvalue weighted by Gasteiger charge is 2.49. The average molecular weight is 476 g/mol. The van der Waals surface area contributed by atoms with Crippen molar-refractivity contribution >= 4 is 29.1 Å². The molecule has 3 N–H and O–H groups in total. The molecule has 1 spiro atoms. The number of aryl methyl sites for hydroxylation is 1. The van der Waals surface area contributed by atoms with Crippen LogP contribution in [0, 0.1) is 18.2 Å². The van der Waals surface area contributed by atoms with Crippen LogP contribution in [0.25, 0.3) is 0 Å². The van der Waals surface area contributed by atoms with Crippen LogP contribution in [0.15, 0.2) is 18.2 Å². The van der Waals surface area contributed by atoms with Crippen LogP contribution < -0.4 is 20.1 Å². The number of benzene rings is 1. The lowest BCUT2D eigenvalue weighted by atomic mass is 9.73. The zero-order valence-corrected chi connectivity index (χ0v) is 20.2. The van der Waals surface area contributed by atoms with Crippen molar-refractivity contribution in [3.63, 3.8) is 0 Å². The summed E-state index contributed by atoms with van der Waals surface area (Å²) in [4.78, 5) is 21.5. The first-order chi connectivity index (χ1) is 15.5. The molecule has 4 rings (SSSR count). The molecule has 8 nitrogen and oxygen atoms in total. The number of aromatic nitrogens is 2. The lowest BCUT2D eigenvalue weighted by molar-refractivity contribution is -0.120. The van der Waals surface area contributed by atoms with Crippen molar-refractivity contribution in [2.24, 2.45) is 5.41 Å². The molecule has 0 bridgehead atoms. The maximum Gasteiger partial charge on any atom is 0.299 e. The van der Waals surface area contributed by atoms with Gasteiger partial charge in [0.1, 0.15) is 5.82 Å². The van der Waals surface area contributed by atoms with Gasteiger partial charge >= 0.3 is 0 Å². The first-order valence-corrected chi connectivity index (χ1v) is 12.1. The molecule has 1 fully saturated rings. The van der Waals surface area contributed by atoms with Gasteiger partial charge in [0.05, 0.1) is 27.5 Å². The largest absolute Gasteiger partial charge is 0.406 e.